The molecule has 88 valence electrons. The minimum absolute atomic E-state index is 0.468. The fourth-order valence-corrected chi connectivity index (χ4v) is 2.36. The predicted octanol–water partition coefficient (Wildman–Crippen LogP) is 3.07. The van der Waals surface area contributed by atoms with Crippen molar-refractivity contribution in [1.29, 1.82) is 0 Å². The van der Waals surface area contributed by atoms with Gasteiger partial charge in [-0.3, -0.25) is 0 Å². The first-order chi connectivity index (χ1) is 8.34. The second-order valence-electron chi connectivity index (χ2n) is 4.25. The number of benzene rings is 1. The zero-order chi connectivity index (χ0) is 11.7. The van der Waals surface area contributed by atoms with Crippen molar-refractivity contribution in [3.05, 3.63) is 41.2 Å². The van der Waals surface area contributed by atoms with Gasteiger partial charge >= 0.3 is 0 Å². The Morgan fingerprint density at radius 2 is 2.24 bits per heavy atom. The quantitative estimate of drug-likeness (QED) is 0.888. The Bertz CT molecular complexity index is 518. The van der Waals surface area contributed by atoms with Crippen LogP contribution in [-0.4, -0.2) is 18.1 Å². The van der Waals surface area contributed by atoms with E-state index in [1.54, 1.807) is 6.26 Å². The molecule has 1 aromatic heterocycles. The van der Waals surface area contributed by atoms with Gasteiger partial charge in [0.05, 0.1) is 16.3 Å². The second kappa shape index (κ2) is 4.51. The van der Waals surface area contributed by atoms with Crippen LogP contribution in [0, 0.1) is 0 Å². The Morgan fingerprint density at radius 1 is 1.35 bits per heavy atom. The molecule has 17 heavy (non-hydrogen) atoms. The molecule has 1 aliphatic heterocycles. The molecule has 1 saturated heterocycles. The molecule has 0 amide bonds. The van der Waals surface area contributed by atoms with Gasteiger partial charge in [-0.25, -0.2) is 4.98 Å². The first-order valence-electron chi connectivity index (χ1n) is 5.75. The molecule has 0 aliphatic carbocycles. The minimum atomic E-state index is 0.468. The lowest BCUT2D eigenvalue weighted by molar-refractivity contribution is 0.570. The summed E-state index contributed by atoms with van der Waals surface area (Å²) in [5, 5.41) is 4.00. The summed E-state index contributed by atoms with van der Waals surface area (Å²) < 4.78 is 5.52. The van der Waals surface area contributed by atoms with E-state index in [1.165, 1.54) is 0 Å². The van der Waals surface area contributed by atoms with Crippen LogP contribution in [0.15, 0.2) is 34.9 Å². The molecule has 1 atom stereocenters. The fraction of sp³-hybridized carbons (Fsp3) is 0.308. The first-order valence-corrected chi connectivity index (χ1v) is 6.13. The average Bonchev–Trinajstić information content (AvgIpc) is 3.00. The number of aromatic nitrogens is 1. The third kappa shape index (κ3) is 2.08. The highest BCUT2D eigenvalue weighted by Gasteiger charge is 2.21. The Kier molecular flexibility index (Phi) is 2.87. The zero-order valence-corrected chi connectivity index (χ0v) is 10.1. The Hall–Kier alpha value is -1.32. The molecular weight excluding hydrogens is 236 g/mol. The van der Waals surface area contributed by atoms with Gasteiger partial charge in [0, 0.05) is 12.5 Å². The third-order valence-corrected chi connectivity index (χ3v) is 3.43. The summed E-state index contributed by atoms with van der Waals surface area (Å²) in [4.78, 5) is 4.53. The minimum Gasteiger partial charge on any atom is -0.444 e. The maximum absolute atomic E-state index is 6.12. The van der Waals surface area contributed by atoms with E-state index in [4.69, 9.17) is 16.0 Å². The van der Waals surface area contributed by atoms with Crippen molar-refractivity contribution in [2.24, 2.45) is 0 Å². The van der Waals surface area contributed by atoms with E-state index >= 15 is 0 Å². The van der Waals surface area contributed by atoms with Crippen molar-refractivity contribution in [3.63, 3.8) is 0 Å². The maximum atomic E-state index is 6.12. The lowest BCUT2D eigenvalue weighted by Crippen LogP contribution is -2.08. The van der Waals surface area contributed by atoms with Crippen LogP contribution in [0.3, 0.4) is 0 Å². The third-order valence-electron chi connectivity index (χ3n) is 3.10. The summed E-state index contributed by atoms with van der Waals surface area (Å²) in [6.45, 7) is 2.04. The smallest absolute Gasteiger partial charge is 0.227 e. The Labute approximate surface area is 105 Å². The maximum Gasteiger partial charge on any atom is 0.227 e. The van der Waals surface area contributed by atoms with Crippen molar-refractivity contribution in [3.8, 4) is 11.5 Å². The van der Waals surface area contributed by atoms with Crippen LogP contribution in [0.1, 0.15) is 18.0 Å². The summed E-state index contributed by atoms with van der Waals surface area (Å²) in [7, 11) is 0. The highest BCUT2D eigenvalue weighted by Crippen LogP contribution is 2.29. The van der Waals surface area contributed by atoms with E-state index in [1.807, 2.05) is 24.3 Å². The van der Waals surface area contributed by atoms with Crippen LogP contribution in [0.5, 0.6) is 0 Å². The van der Waals surface area contributed by atoms with Crippen LogP contribution in [0.4, 0.5) is 0 Å². The van der Waals surface area contributed by atoms with Crippen molar-refractivity contribution >= 4 is 11.6 Å². The van der Waals surface area contributed by atoms with E-state index in [0.717, 1.165) is 30.8 Å². The Balaban J connectivity index is 1.92. The number of nitrogens with one attached hydrogen (secondary N) is 1. The van der Waals surface area contributed by atoms with E-state index in [-0.39, 0.29) is 0 Å². The summed E-state index contributed by atoms with van der Waals surface area (Å²) in [6, 6.07) is 7.60. The average molecular weight is 249 g/mol. The molecule has 1 N–H and O–H groups in total. The van der Waals surface area contributed by atoms with Crippen molar-refractivity contribution in [2.75, 3.05) is 13.1 Å². The molecule has 0 radical (unpaired) electrons. The topological polar surface area (TPSA) is 38.1 Å². The molecule has 1 aliphatic rings. The number of hydrogen-bond donors (Lipinski definition) is 1. The van der Waals surface area contributed by atoms with Gasteiger partial charge in [-0.2, -0.15) is 0 Å². The Morgan fingerprint density at radius 3 is 3.00 bits per heavy atom. The lowest BCUT2D eigenvalue weighted by atomic mass is 10.1. The molecule has 2 aromatic rings. The molecule has 0 bridgehead atoms. The number of halogens is 1. The highest BCUT2D eigenvalue weighted by atomic mass is 35.5. The van der Waals surface area contributed by atoms with Crippen LogP contribution in [0.25, 0.3) is 11.5 Å². The number of rotatable bonds is 2. The van der Waals surface area contributed by atoms with Gasteiger partial charge in [-0.15, -0.1) is 0 Å². The van der Waals surface area contributed by atoms with Gasteiger partial charge in [0.1, 0.15) is 6.26 Å². The normalized spacial score (nSPS) is 19.7. The van der Waals surface area contributed by atoms with Gasteiger partial charge in [-0.1, -0.05) is 23.7 Å². The van der Waals surface area contributed by atoms with Crippen molar-refractivity contribution in [1.82, 2.24) is 10.3 Å². The van der Waals surface area contributed by atoms with Gasteiger partial charge < -0.3 is 9.73 Å². The van der Waals surface area contributed by atoms with Crippen LogP contribution >= 0.6 is 11.6 Å². The SMILES string of the molecule is Clc1ccccc1-c1nc(C2CCNC2)co1. The van der Waals surface area contributed by atoms with Crippen molar-refractivity contribution < 1.29 is 4.42 Å². The monoisotopic (exact) mass is 248 g/mol. The highest BCUT2D eigenvalue weighted by molar-refractivity contribution is 6.33. The fourth-order valence-electron chi connectivity index (χ4n) is 2.14. The molecule has 4 heteroatoms. The summed E-state index contributed by atoms with van der Waals surface area (Å²) in [5.74, 6) is 1.08. The summed E-state index contributed by atoms with van der Waals surface area (Å²) in [5.41, 5.74) is 1.87. The van der Waals surface area contributed by atoms with Crippen molar-refractivity contribution in [2.45, 2.75) is 12.3 Å². The van der Waals surface area contributed by atoms with E-state index in [9.17, 15) is 0 Å². The molecule has 3 nitrogen and oxygen atoms in total. The molecule has 1 unspecified atom stereocenters. The molecule has 0 spiro atoms. The molecule has 1 fully saturated rings. The van der Waals surface area contributed by atoms with Gasteiger partial charge in [0.2, 0.25) is 5.89 Å². The molecule has 0 saturated carbocycles. The summed E-state index contributed by atoms with van der Waals surface area (Å²) in [6.07, 6.45) is 2.87. The van der Waals surface area contributed by atoms with E-state index in [0.29, 0.717) is 16.8 Å². The van der Waals surface area contributed by atoms with E-state index in [2.05, 4.69) is 10.3 Å². The second-order valence-corrected chi connectivity index (χ2v) is 4.65. The van der Waals surface area contributed by atoms with Gasteiger partial charge in [0.25, 0.3) is 0 Å². The zero-order valence-electron chi connectivity index (χ0n) is 9.32. The van der Waals surface area contributed by atoms with Crippen LogP contribution in [-0.2, 0) is 0 Å². The molecule has 3 rings (SSSR count). The van der Waals surface area contributed by atoms with Crippen LogP contribution < -0.4 is 5.32 Å². The molecular formula is C13H13ClN2O. The van der Waals surface area contributed by atoms with E-state index < -0.39 is 0 Å². The predicted molar refractivity (Wildman–Crippen MR) is 67.2 cm³/mol. The largest absolute Gasteiger partial charge is 0.444 e. The summed E-state index contributed by atoms with van der Waals surface area (Å²) >= 11 is 6.12. The number of oxazole rings is 1. The number of nitrogens with zero attached hydrogens (tertiary/aromatic N) is 1. The molecule has 1 aromatic carbocycles. The lowest BCUT2D eigenvalue weighted by Gasteiger charge is -2.01. The van der Waals surface area contributed by atoms with Crippen LogP contribution in [0.2, 0.25) is 5.02 Å². The number of hydrogen-bond acceptors (Lipinski definition) is 3. The standard InChI is InChI=1S/C13H13ClN2O/c14-11-4-2-1-3-10(11)13-16-12(8-17-13)9-5-6-15-7-9/h1-4,8-9,15H,5-7H2. The van der Waals surface area contributed by atoms with Gasteiger partial charge in [-0.05, 0) is 25.1 Å². The first kappa shape index (κ1) is 10.8. The molecule has 2 heterocycles. The van der Waals surface area contributed by atoms with Gasteiger partial charge in [0.15, 0.2) is 0 Å².